The van der Waals surface area contributed by atoms with Crippen LogP contribution >= 0.6 is 0 Å². The van der Waals surface area contributed by atoms with Crippen molar-refractivity contribution in [2.75, 3.05) is 0 Å². The molecule has 0 N–H and O–H groups in total. The predicted octanol–water partition coefficient (Wildman–Crippen LogP) is 9.57. The van der Waals surface area contributed by atoms with E-state index in [-0.39, 0.29) is 0 Å². The van der Waals surface area contributed by atoms with Crippen molar-refractivity contribution in [2.24, 2.45) is 0 Å². The average molecular weight is 448 g/mol. The Hall–Kier alpha value is -0.790. The highest BCUT2D eigenvalue weighted by molar-refractivity contribution is 4.83. The summed E-state index contributed by atoms with van der Waals surface area (Å²) in [4.78, 5) is 0. The number of aryl methyl sites for hydroxylation is 2. The lowest BCUT2D eigenvalue weighted by molar-refractivity contribution is -0.704. The number of hydrogen-bond donors (Lipinski definition) is 0. The van der Waals surface area contributed by atoms with E-state index in [0.29, 0.717) is 0 Å². The number of imidazole rings is 1. The van der Waals surface area contributed by atoms with Crippen LogP contribution in [0.5, 0.6) is 0 Å². The summed E-state index contributed by atoms with van der Waals surface area (Å²) >= 11 is 0. The second-order valence-electron chi connectivity index (χ2n) is 10.2. The van der Waals surface area contributed by atoms with Crippen LogP contribution in [-0.2, 0) is 19.5 Å². The third-order valence-electron chi connectivity index (χ3n) is 7.16. The van der Waals surface area contributed by atoms with E-state index in [9.17, 15) is 0 Å². The fourth-order valence-corrected chi connectivity index (χ4v) is 5.03. The molecule has 1 rings (SSSR count). The van der Waals surface area contributed by atoms with Gasteiger partial charge in [0, 0.05) is 6.42 Å². The molecule has 1 aromatic heterocycles. The van der Waals surface area contributed by atoms with Gasteiger partial charge < -0.3 is 0 Å². The van der Waals surface area contributed by atoms with Gasteiger partial charge >= 0.3 is 0 Å². The summed E-state index contributed by atoms with van der Waals surface area (Å²) in [6.07, 6.45) is 35.7. The van der Waals surface area contributed by atoms with E-state index >= 15 is 0 Å². The van der Waals surface area contributed by atoms with Gasteiger partial charge in [0.2, 0.25) is 0 Å². The second kappa shape index (κ2) is 22.0. The second-order valence-corrected chi connectivity index (χ2v) is 10.2. The monoisotopic (exact) mass is 447 g/mol. The van der Waals surface area contributed by atoms with Gasteiger partial charge in [0.1, 0.15) is 12.4 Å². The van der Waals surface area contributed by atoms with Crippen LogP contribution in [-0.4, -0.2) is 4.57 Å². The van der Waals surface area contributed by atoms with Crippen molar-refractivity contribution in [1.82, 2.24) is 4.57 Å². The molecule has 0 spiro atoms. The first-order valence-corrected chi connectivity index (χ1v) is 14.9. The van der Waals surface area contributed by atoms with Crippen molar-refractivity contribution >= 4 is 0 Å². The largest absolute Gasteiger partial charge is 0.256 e. The Morgan fingerprint density at radius 1 is 0.531 bits per heavy atom. The Morgan fingerprint density at radius 2 is 0.938 bits per heavy atom. The van der Waals surface area contributed by atoms with Crippen LogP contribution in [0.3, 0.4) is 0 Å². The molecule has 0 aliphatic heterocycles. The highest BCUT2D eigenvalue weighted by Crippen LogP contribution is 2.13. The van der Waals surface area contributed by atoms with E-state index in [0.717, 1.165) is 6.42 Å². The van der Waals surface area contributed by atoms with Crippen molar-refractivity contribution in [1.29, 1.82) is 0 Å². The lowest BCUT2D eigenvalue weighted by atomic mass is 10.1. The average Bonchev–Trinajstić information content (AvgIpc) is 3.20. The molecule has 0 atom stereocenters. The molecule has 0 fully saturated rings. The molecule has 0 unspecified atom stereocenters. The van der Waals surface area contributed by atoms with Crippen LogP contribution < -0.4 is 4.57 Å². The Balaban J connectivity index is 2.04. The molecule has 0 bridgehead atoms. The normalized spacial score (nSPS) is 11.5. The van der Waals surface area contributed by atoms with Gasteiger partial charge in [0.15, 0.2) is 0 Å². The van der Waals surface area contributed by atoms with Gasteiger partial charge in [-0.1, -0.05) is 130 Å². The zero-order valence-corrected chi connectivity index (χ0v) is 22.5. The first-order valence-electron chi connectivity index (χ1n) is 14.9. The summed E-state index contributed by atoms with van der Waals surface area (Å²) in [7, 11) is 0. The van der Waals surface area contributed by atoms with Gasteiger partial charge in [-0.05, 0) is 25.7 Å². The Labute approximate surface area is 202 Å². The minimum atomic E-state index is 1.16. The first kappa shape index (κ1) is 29.2. The molecule has 32 heavy (non-hydrogen) atoms. The molecule has 188 valence electrons. The molecule has 0 amide bonds. The van der Waals surface area contributed by atoms with Crippen LogP contribution in [0.4, 0.5) is 0 Å². The zero-order valence-electron chi connectivity index (χ0n) is 22.5. The van der Waals surface area contributed by atoms with Crippen molar-refractivity contribution in [2.45, 2.75) is 175 Å². The van der Waals surface area contributed by atoms with Gasteiger partial charge in [-0.3, -0.25) is 0 Å². The molecule has 1 heterocycles. The maximum Gasteiger partial charge on any atom is 0.256 e. The van der Waals surface area contributed by atoms with E-state index in [1.807, 2.05) is 0 Å². The Bertz CT molecular complexity index is 505. The summed E-state index contributed by atoms with van der Waals surface area (Å²) in [5.74, 6) is 1.54. The van der Waals surface area contributed by atoms with E-state index < -0.39 is 0 Å². The maximum atomic E-state index is 2.53. The van der Waals surface area contributed by atoms with Crippen molar-refractivity contribution < 1.29 is 4.57 Å². The Morgan fingerprint density at radius 3 is 1.38 bits per heavy atom. The van der Waals surface area contributed by atoms with Gasteiger partial charge in [-0.2, -0.15) is 0 Å². The summed E-state index contributed by atoms with van der Waals surface area (Å²) < 4.78 is 5.06. The van der Waals surface area contributed by atoms with Crippen LogP contribution in [0.25, 0.3) is 0 Å². The topological polar surface area (TPSA) is 8.81 Å². The fraction of sp³-hybridized carbons (Fsp3) is 0.900. The summed E-state index contributed by atoms with van der Waals surface area (Å²) in [6.45, 7) is 9.35. The smallest absolute Gasteiger partial charge is 0.234 e. The van der Waals surface area contributed by atoms with Gasteiger partial charge in [0.25, 0.3) is 5.82 Å². The van der Waals surface area contributed by atoms with Crippen LogP contribution in [0.2, 0.25) is 0 Å². The quantitative estimate of drug-likeness (QED) is 0.110. The third-order valence-corrected chi connectivity index (χ3v) is 7.16. The van der Waals surface area contributed by atoms with Crippen LogP contribution in [0, 0.1) is 0 Å². The van der Waals surface area contributed by atoms with Gasteiger partial charge in [0.05, 0.1) is 13.1 Å². The third kappa shape index (κ3) is 15.1. The highest BCUT2D eigenvalue weighted by Gasteiger charge is 2.14. The van der Waals surface area contributed by atoms with E-state index in [4.69, 9.17) is 0 Å². The lowest BCUT2D eigenvalue weighted by Crippen LogP contribution is -2.37. The Kier molecular flexibility index (Phi) is 20.1. The molecule has 2 heteroatoms. The summed E-state index contributed by atoms with van der Waals surface area (Å²) in [6, 6.07) is 0. The fourth-order valence-electron chi connectivity index (χ4n) is 5.03. The molecule has 1 aromatic rings. The molecule has 0 saturated carbocycles. The van der Waals surface area contributed by atoms with E-state index in [1.54, 1.807) is 0 Å². The maximum absolute atomic E-state index is 2.53. The molecule has 2 nitrogen and oxygen atoms in total. The predicted molar refractivity (Wildman–Crippen MR) is 142 cm³/mol. The minimum Gasteiger partial charge on any atom is -0.234 e. The highest BCUT2D eigenvalue weighted by atomic mass is 15.1. The summed E-state index contributed by atoms with van der Waals surface area (Å²) in [5.41, 5.74) is 0. The van der Waals surface area contributed by atoms with Crippen LogP contribution in [0.1, 0.15) is 161 Å². The molecule has 0 aliphatic rings. The zero-order chi connectivity index (χ0) is 23.1. The van der Waals surface area contributed by atoms with Crippen LogP contribution in [0.15, 0.2) is 12.4 Å². The minimum absolute atomic E-state index is 1.16. The van der Waals surface area contributed by atoms with E-state index in [1.165, 1.54) is 154 Å². The van der Waals surface area contributed by atoms with Crippen molar-refractivity contribution in [3.05, 3.63) is 18.2 Å². The number of nitrogens with zero attached hydrogens (tertiary/aromatic N) is 2. The van der Waals surface area contributed by atoms with E-state index in [2.05, 4.69) is 42.3 Å². The van der Waals surface area contributed by atoms with Gasteiger partial charge in [-0.25, -0.2) is 9.13 Å². The molecular weight excluding hydrogens is 388 g/mol. The van der Waals surface area contributed by atoms with Crippen molar-refractivity contribution in [3.63, 3.8) is 0 Å². The summed E-state index contributed by atoms with van der Waals surface area (Å²) in [5, 5.41) is 0. The number of aromatic nitrogens is 2. The molecule has 0 saturated heterocycles. The number of unbranched alkanes of at least 4 members (excludes halogenated alkanes) is 19. The standard InChI is InChI=1S/C30H59N2/c1-4-7-9-11-13-15-17-19-21-23-25-27-32-29-28-31(30(32)6-3)26-24-22-20-18-16-14-12-10-8-5-2/h28-29H,4-27H2,1-3H3/q+1. The molecule has 0 radical (unpaired) electrons. The molecule has 0 aliphatic carbocycles. The van der Waals surface area contributed by atoms with Crippen molar-refractivity contribution in [3.8, 4) is 0 Å². The number of rotatable bonds is 24. The SMILES string of the molecule is CCCCCCCCCCCCC[n+]1ccn(CCCCCCCCCCCC)c1CC. The molecular formula is C30H59N2+. The molecule has 0 aromatic carbocycles. The first-order chi connectivity index (χ1) is 15.8. The lowest BCUT2D eigenvalue weighted by Gasteiger charge is -2.05. The van der Waals surface area contributed by atoms with Gasteiger partial charge in [-0.15, -0.1) is 0 Å². The number of hydrogen-bond acceptors (Lipinski definition) is 0.